The summed E-state index contributed by atoms with van der Waals surface area (Å²) in [6, 6.07) is 6.55. The van der Waals surface area contributed by atoms with Crippen molar-refractivity contribution in [2.24, 2.45) is 0 Å². The van der Waals surface area contributed by atoms with Crippen LogP contribution >= 0.6 is 0 Å². The molecular weight excluding hydrogens is 686 g/mol. The molecule has 53 heavy (non-hydrogen) atoms. The van der Waals surface area contributed by atoms with Gasteiger partial charge in [-0.3, -0.25) is 9.88 Å². The van der Waals surface area contributed by atoms with Crippen LogP contribution in [0.2, 0.25) is 0 Å². The summed E-state index contributed by atoms with van der Waals surface area (Å²) in [5.41, 5.74) is -0.480. The number of hydrogen-bond donors (Lipinski definition) is 2. The summed E-state index contributed by atoms with van der Waals surface area (Å²) >= 11 is 0. The number of aromatic nitrogens is 3. The Balaban J connectivity index is 1.30. The summed E-state index contributed by atoms with van der Waals surface area (Å²) in [4.78, 5) is 30.5. The van der Waals surface area contributed by atoms with Crippen molar-refractivity contribution < 1.29 is 37.6 Å². The van der Waals surface area contributed by atoms with Gasteiger partial charge < -0.3 is 34.3 Å². The van der Waals surface area contributed by atoms with E-state index in [1.54, 1.807) is 31.3 Å². The number of aliphatic hydroxyl groups is 1. The van der Waals surface area contributed by atoms with Crippen LogP contribution < -0.4 is 19.7 Å². The van der Waals surface area contributed by atoms with Gasteiger partial charge in [-0.05, 0) is 99.9 Å². The Bertz CT molecular complexity index is 2000. The lowest BCUT2D eigenvalue weighted by Crippen LogP contribution is -2.48. The topological polar surface area (TPSA) is 131 Å². The Hall–Kier alpha value is -4.40. The zero-order valence-corrected chi connectivity index (χ0v) is 30.8. The number of nitrogens with zero attached hydrogens (tertiary/aromatic N) is 5. The van der Waals surface area contributed by atoms with E-state index in [4.69, 9.17) is 23.9 Å². The molecule has 12 nitrogen and oxygen atoms in total. The predicted molar refractivity (Wildman–Crippen MR) is 196 cm³/mol. The molecule has 4 aromatic rings. The molecule has 3 aliphatic rings. The molecule has 0 saturated carbocycles. The van der Waals surface area contributed by atoms with Gasteiger partial charge in [0.1, 0.15) is 41.8 Å². The molecule has 7 rings (SSSR count). The molecule has 0 bridgehead atoms. The third kappa shape index (κ3) is 7.28. The number of nitrogens with one attached hydrogen (secondary N) is 1. The van der Waals surface area contributed by atoms with Crippen molar-refractivity contribution in [2.75, 3.05) is 58.2 Å². The van der Waals surface area contributed by atoms with Gasteiger partial charge in [0.25, 0.3) is 0 Å². The number of ether oxygens (including phenoxy) is 4. The molecule has 2 aromatic carbocycles. The number of β-amino-alcohol motifs (C(OH)–C–C–N with tert-alkyl or cyclic N) is 1. The summed E-state index contributed by atoms with van der Waals surface area (Å²) in [7, 11) is 1.51. The second-order valence-corrected chi connectivity index (χ2v) is 14.7. The normalized spacial score (nSPS) is 23.1. The Morgan fingerprint density at radius 1 is 1.09 bits per heavy atom. The minimum absolute atomic E-state index is 0.00597. The SMILES string of the molecule is CCNC(=O)OC[C@@H]1CC[C@]2(COc3nc(N4CCC[C@@](C)(O)C4)c4cnc(-c5cc(OCOC)cc6ccc(F)c(CC)c56)c(F)c4n3)CCCN12. The summed E-state index contributed by atoms with van der Waals surface area (Å²) in [5.74, 6) is -0.263. The highest BCUT2D eigenvalue weighted by atomic mass is 19.1. The second kappa shape index (κ2) is 15.2. The summed E-state index contributed by atoms with van der Waals surface area (Å²) in [5, 5.41) is 15.3. The number of piperidine rings is 1. The Morgan fingerprint density at radius 2 is 1.92 bits per heavy atom. The summed E-state index contributed by atoms with van der Waals surface area (Å²) in [6.07, 6.45) is 6.39. The molecule has 0 aliphatic carbocycles. The number of hydrogen-bond acceptors (Lipinski definition) is 11. The highest BCUT2D eigenvalue weighted by Gasteiger charge is 2.50. The minimum Gasteiger partial charge on any atom is -0.468 e. The molecule has 0 unspecified atom stereocenters. The smallest absolute Gasteiger partial charge is 0.407 e. The quantitative estimate of drug-likeness (QED) is 0.163. The van der Waals surface area contributed by atoms with Crippen LogP contribution in [-0.4, -0.2) is 102 Å². The van der Waals surface area contributed by atoms with E-state index in [9.17, 15) is 9.90 Å². The van der Waals surface area contributed by atoms with Crippen LogP contribution in [0.25, 0.3) is 32.9 Å². The van der Waals surface area contributed by atoms with E-state index in [0.717, 1.165) is 32.2 Å². The molecule has 5 heterocycles. The van der Waals surface area contributed by atoms with Gasteiger partial charge in [-0.1, -0.05) is 13.0 Å². The van der Waals surface area contributed by atoms with E-state index in [2.05, 4.69) is 20.2 Å². The average molecular weight is 735 g/mol. The molecule has 14 heteroatoms. The van der Waals surface area contributed by atoms with Gasteiger partial charge in [-0.25, -0.2) is 13.6 Å². The lowest BCUT2D eigenvalue weighted by atomic mass is 9.94. The molecule has 3 fully saturated rings. The van der Waals surface area contributed by atoms with Gasteiger partial charge in [0.2, 0.25) is 0 Å². The van der Waals surface area contributed by atoms with Crippen LogP contribution in [0, 0.1) is 11.6 Å². The first kappa shape index (κ1) is 36.9. The van der Waals surface area contributed by atoms with Crippen molar-refractivity contribution in [1.29, 1.82) is 0 Å². The maximum absolute atomic E-state index is 17.2. The molecule has 3 aliphatic heterocycles. The van der Waals surface area contributed by atoms with Crippen LogP contribution in [-0.2, 0) is 15.9 Å². The van der Waals surface area contributed by atoms with Gasteiger partial charge >= 0.3 is 12.1 Å². The van der Waals surface area contributed by atoms with Crippen LogP contribution in [0.5, 0.6) is 11.8 Å². The van der Waals surface area contributed by atoms with E-state index in [0.29, 0.717) is 71.2 Å². The van der Waals surface area contributed by atoms with E-state index in [1.165, 1.54) is 13.2 Å². The number of benzene rings is 2. The Kier molecular flexibility index (Phi) is 10.6. The third-order valence-corrected chi connectivity index (χ3v) is 10.9. The number of rotatable bonds is 12. The average Bonchev–Trinajstić information content (AvgIpc) is 3.71. The Morgan fingerprint density at radius 3 is 2.70 bits per heavy atom. The molecule has 1 amide bonds. The highest BCUT2D eigenvalue weighted by molar-refractivity contribution is 6.01. The molecule has 2 N–H and O–H groups in total. The van der Waals surface area contributed by atoms with Crippen LogP contribution in [0.3, 0.4) is 0 Å². The minimum atomic E-state index is -0.969. The van der Waals surface area contributed by atoms with E-state index >= 15 is 8.78 Å². The van der Waals surface area contributed by atoms with Gasteiger partial charge in [0.05, 0.1) is 16.5 Å². The zero-order valence-electron chi connectivity index (χ0n) is 30.8. The first-order valence-electron chi connectivity index (χ1n) is 18.6. The largest absolute Gasteiger partial charge is 0.468 e. The maximum Gasteiger partial charge on any atom is 0.407 e. The number of fused-ring (bicyclic) bond motifs is 3. The number of anilines is 1. The lowest BCUT2D eigenvalue weighted by Gasteiger charge is -2.38. The highest BCUT2D eigenvalue weighted by Crippen LogP contribution is 2.44. The third-order valence-electron chi connectivity index (χ3n) is 10.9. The molecule has 3 atom stereocenters. The maximum atomic E-state index is 17.2. The number of carbonyl (C=O) groups excluding carboxylic acids is 1. The number of carbonyl (C=O) groups is 1. The van der Waals surface area contributed by atoms with Crippen LogP contribution in [0.4, 0.5) is 19.4 Å². The van der Waals surface area contributed by atoms with Crippen molar-refractivity contribution in [1.82, 2.24) is 25.2 Å². The Labute approximate surface area is 307 Å². The zero-order chi connectivity index (χ0) is 37.3. The van der Waals surface area contributed by atoms with Crippen molar-refractivity contribution in [2.45, 2.75) is 82.9 Å². The van der Waals surface area contributed by atoms with Gasteiger partial charge in [-0.2, -0.15) is 9.97 Å². The molecule has 284 valence electrons. The second-order valence-electron chi connectivity index (χ2n) is 14.7. The fraction of sp³-hybridized carbons (Fsp3) is 0.538. The number of methoxy groups -OCH3 is 1. The van der Waals surface area contributed by atoms with Crippen LogP contribution in [0.1, 0.15) is 64.9 Å². The lowest BCUT2D eigenvalue weighted by molar-refractivity contribution is 0.0445. The van der Waals surface area contributed by atoms with Crippen molar-refractivity contribution in [3.05, 3.63) is 47.7 Å². The first-order valence-corrected chi connectivity index (χ1v) is 18.6. The standard InChI is InChI=1S/C39H48F2N6O6/c1-5-27-30(40)10-9-24-17-26(53-23-50-4)18-28(31(24)27)33-32(41)34-29(19-43-33)35(46-15-7-12-38(3,49)21-46)45-36(44-34)52-22-39-13-8-16-47(39)25(11-14-39)20-51-37(48)42-6-2/h9-10,17-19,25,49H,5-8,11-16,20-23H2,1-4H3,(H,42,48)/t25-,38+,39-/m0/s1. The number of alkyl carbamates (subject to hydrolysis) is 1. The number of pyridine rings is 1. The van der Waals surface area contributed by atoms with Crippen molar-refractivity contribution in [3.8, 4) is 23.0 Å². The van der Waals surface area contributed by atoms with Crippen LogP contribution in [0.15, 0.2) is 30.5 Å². The number of amides is 1. The molecule has 3 saturated heterocycles. The van der Waals surface area contributed by atoms with E-state index < -0.39 is 23.3 Å². The summed E-state index contributed by atoms with van der Waals surface area (Å²) < 4.78 is 55.3. The first-order chi connectivity index (χ1) is 25.6. The van der Waals surface area contributed by atoms with Gasteiger partial charge in [0.15, 0.2) is 12.6 Å². The monoisotopic (exact) mass is 734 g/mol. The fourth-order valence-electron chi connectivity index (χ4n) is 8.50. The number of halogens is 2. The van der Waals surface area contributed by atoms with Crippen molar-refractivity contribution in [3.63, 3.8) is 0 Å². The molecule has 0 radical (unpaired) electrons. The van der Waals surface area contributed by atoms with E-state index in [1.807, 2.05) is 18.7 Å². The van der Waals surface area contributed by atoms with Crippen molar-refractivity contribution >= 4 is 33.6 Å². The molecular formula is C39H48F2N6O6. The van der Waals surface area contributed by atoms with Gasteiger partial charge in [-0.15, -0.1) is 0 Å². The fourth-order valence-corrected chi connectivity index (χ4v) is 8.50. The predicted octanol–water partition coefficient (Wildman–Crippen LogP) is 6.14. The van der Waals surface area contributed by atoms with Gasteiger partial charge in [0, 0.05) is 44.5 Å². The molecule has 0 spiro atoms. The molecule has 2 aromatic heterocycles. The van der Waals surface area contributed by atoms with E-state index in [-0.39, 0.29) is 55.4 Å². The number of aryl methyl sites for hydroxylation is 1. The summed E-state index contributed by atoms with van der Waals surface area (Å²) in [6.45, 7) is 8.24.